The largest absolute Gasteiger partial charge is 0.354 e. The van der Waals surface area contributed by atoms with E-state index in [1.807, 2.05) is 84.0 Å². The topological polar surface area (TPSA) is 86.8 Å². The Hall–Kier alpha value is -3.65. The Bertz CT molecular complexity index is 1420. The van der Waals surface area contributed by atoms with E-state index in [9.17, 15) is 18.0 Å². The number of carbonyl (C=O) groups excluding carboxylic acids is 2. The van der Waals surface area contributed by atoms with Gasteiger partial charge in [-0.3, -0.25) is 13.9 Å². The van der Waals surface area contributed by atoms with Crippen molar-refractivity contribution in [1.82, 2.24) is 10.2 Å². The maximum absolute atomic E-state index is 14.2. The minimum Gasteiger partial charge on any atom is -0.354 e. The van der Waals surface area contributed by atoms with Gasteiger partial charge in [0.15, 0.2) is 0 Å². The zero-order valence-corrected chi connectivity index (χ0v) is 25.9. The molecular weight excluding hydrogens is 534 g/mol. The lowest BCUT2D eigenvalue weighted by atomic mass is 10.1. The Morgan fingerprint density at radius 3 is 2.12 bits per heavy atom. The summed E-state index contributed by atoms with van der Waals surface area (Å²) in [6.07, 6.45) is 0.938. The summed E-state index contributed by atoms with van der Waals surface area (Å²) in [7, 11) is -4.09. The molecule has 0 spiro atoms. The van der Waals surface area contributed by atoms with Gasteiger partial charge in [-0.25, -0.2) is 8.42 Å². The molecule has 0 aliphatic heterocycles. The summed E-state index contributed by atoms with van der Waals surface area (Å²) in [4.78, 5) is 29.1. The summed E-state index contributed by atoms with van der Waals surface area (Å²) < 4.78 is 29.3. The van der Waals surface area contributed by atoms with Crippen molar-refractivity contribution in [1.29, 1.82) is 0 Å². The van der Waals surface area contributed by atoms with Gasteiger partial charge >= 0.3 is 0 Å². The molecule has 0 aliphatic carbocycles. The molecule has 0 radical (unpaired) electrons. The molecule has 0 fully saturated rings. The number of nitrogens with one attached hydrogen (secondary N) is 1. The molecule has 0 heterocycles. The summed E-state index contributed by atoms with van der Waals surface area (Å²) in [6, 6.07) is 21.2. The molecular formula is C33H43N3O4S. The normalized spacial score (nSPS) is 12.2. The highest BCUT2D eigenvalue weighted by molar-refractivity contribution is 7.92. The fourth-order valence-corrected chi connectivity index (χ4v) is 6.13. The number of nitrogens with zero attached hydrogens (tertiary/aromatic N) is 2. The van der Waals surface area contributed by atoms with Crippen molar-refractivity contribution in [3.8, 4) is 0 Å². The second-order valence-electron chi connectivity index (χ2n) is 11.0. The van der Waals surface area contributed by atoms with E-state index in [0.29, 0.717) is 25.1 Å². The summed E-state index contributed by atoms with van der Waals surface area (Å²) in [6.45, 7) is 11.8. The average Bonchev–Trinajstić information content (AvgIpc) is 2.94. The van der Waals surface area contributed by atoms with Gasteiger partial charge < -0.3 is 10.2 Å². The number of sulfonamides is 1. The van der Waals surface area contributed by atoms with Crippen LogP contribution in [0.1, 0.15) is 49.4 Å². The fourth-order valence-electron chi connectivity index (χ4n) is 4.66. The van der Waals surface area contributed by atoms with Gasteiger partial charge in [0.05, 0.1) is 10.6 Å². The molecule has 2 amide bonds. The third-order valence-corrected chi connectivity index (χ3v) is 8.85. The molecule has 0 bridgehead atoms. The second kappa shape index (κ2) is 14.3. The van der Waals surface area contributed by atoms with Crippen LogP contribution in [0.4, 0.5) is 5.69 Å². The number of anilines is 1. The summed E-state index contributed by atoms with van der Waals surface area (Å²) in [5.41, 5.74) is 4.02. The van der Waals surface area contributed by atoms with Gasteiger partial charge in [-0.1, -0.05) is 80.9 Å². The smallest absolute Gasteiger partial charge is 0.264 e. The quantitative estimate of drug-likeness (QED) is 0.294. The van der Waals surface area contributed by atoms with Gasteiger partial charge in [-0.05, 0) is 74.4 Å². The number of benzene rings is 3. The first kappa shape index (κ1) is 31.9. The van der Waals surface area contributed by atoms with Crippen molar-refractivity contribution in [2.75, 3.05) is 23.9 Å². The van der Waals surface area contributed by atoms with Crippen LogP contribution in [0.2, 0.25) is 0 Å². The van der Waals surface area contributed by atoms with E-state index in [0.717, 1.165) is 22.3 Å². The number of rotatable bonds is 13. The number of hydrogen-bond acceptors (Lipinski definition) is 4. The molecule has 0 saturated heterocycles. The van der Waals surface area contributed by atoms with E-state index in [2.05, 4.69) is 5.32 Å². The summed E-state index contributed by atoms with van der Waals surface area (Å²) >= 11 is 0. The zero-order chi connectivity index (χ0) is 30.2. The minimum atomic E-state index is -4.09. The molecule has 1 atom stereocenters. The first-order chi connectivity index (χ1) is 19.4. The van der Waals surface area contributed by atoms with Crippen molar-refractivity contribution < 1.29 is 18.0 Å². The molecule has 0 aromatic heterocycles. The Kier molecular flexibility index (Phi) is 11.1. The number of carbonyl (C=O) groups is 2. The van der Waals surface area contributed by atoms with Crippen LogP contribution >= 0.6 is 0 Å². The van der Waals surface area contributed by atoms with Crippen LogP contribution in [-0.4, -0.2) is 50.8 Å². The van der Waals surface area contributed by atoms with Gasteiger partial charge in [0.25, 0.3) is 10.0 Å². The second-order valence-corrected chi connectivity index (χ2v) is 12.9. The van der Waals surface area contributed by atoms with Gasteiger partial charge in [-0.15, -0.1) is 0 Å². The van der Waals surface area contributed by atoms with E-state index in [-0.39, 0.29) is 23.3 Å². The Balaban J connectivity index is 2.04. The van der Waals surface area contributed by atoms with Crippen molar-refractivity contribution >= 4 is 27.5 Å². The lowest BCUT2D eigenvalue weighted by Crippen LogP contribution is -2.53. The van der Waals surface area contributed by atoms with Crippen molar-refractivity contribution in [3.05, 3.63) is 95.1 Å². The maximum atomic E-state index is 14.2. The predicted molar refractivity (Wildman–Crippen MR) is 165 cm³/mol. The number of amides is 2. The summed E-state index contributed by atoms with van der Waals surface area (Å²) in [5.74, 6) is -0.407. The molecule has 3 rings (SSSR count). The van der Waals surface area contributed by atoms with Crippen LogP contribution in [0, 0.1) is 26.7 Å². The van der Waals surface area contributed by atoms with Crippen LogP contribution in [0.5, 0.6) is 0 Å². The Labute approximate surface area is 245 Å². The first-order valence-corrected chi connectivity index (χ1v) is 15.7. The molecule has 7 nitrogen and oxygen atoms in total. The van der Waals surface area contributed by atoms with Crippen LogP contribution in [0.3, 0.4) is 0 Å². The van der Waals surface area contributed by atoms with E-state index in [4.69, 9.17) is 0 Å². The molecule has 0 aliphatic rings. The first-order valence-electron chi connectivity index (χ1n) is 14.2. The lowest BCUT2D eigenvalue weighted by Gasteiger charge is -2.33. The third kappa shape index (κ3) is 8.43. The van der Waals surface area contributed by atoms with E-state index >= 15 is 0 Å². The standard InChI is InChI=1S/C33H43N3O4S/c1-7-30(33(38)34-22-24(2)3)35(20-19-28-11-9-8-10-12-28)32(37)23-36(31-21-26(5)13-16-27(31)6)41(39,40)29-17-14-25(4)15-18-29/h8-18,21,24,30H,7,19-20,22-23H2,1-6H3,(H,34,38)/t30-/m1/s1. The Morgan fingerprint density at radius 1 is 0.878 bits per heavy atom. The third-order valence-electron chi connectivity index (χ3n) is 7.08. The maximum Gasteiger partial charge on any atom is 0.264 e. The highest BCUT2D eigenvalue weighted by Gasteiger charge is 2.34. The molecule has 1 N–H and O–H groups in total. The highest BCUT2D eigenvalue weighted by atomic mass is 32.2. The fraction of sp³-hybridized carbons (Fsp3) is 0.394. The Morgan fingerprint density at radius 2 is 1.51 bits per heavy atom. The number of aryl methyl sites for hydroxylation is 3. The number of hydrogen-bond donors (Lipinski definition) is 1. The molecule has 0 unspecified atom stereocenters. The van der Waals surface area contributed by atoms with Crippen LogP contribution < -0.4 is 9.62 Å². The van der Waals surface area contributed by atoms with E-state index in [1.165, 1.54) is 4.31 Å². The van der Waals surface area contributed by atoms with E-state index < -0.39 is 28.5 Å². The van der Waals surface area contributed by atoms with Crippen molar-refractivity contribution in [2.45, 2.75) is 65.3 Å². The molecule has 0 saturated carbocycles. The molecule has 220 valence electrons. The summed E-state index contributed by atoms with van der Waals surface area (Å²) in [5, 5.41) is 2.96. The van der Waals surface area contributed by atoms with Crippen molar-refractivity contribution in [3.63, 3.8) is 0 Å². The molecule has 3 aromatic rings. The molecule has 8 heteroatoms. The van der Waals surface area contributed by atoms with Gasteiger partial charge in [0.1, 0.15) is 12.6 Å². The molecule has 3 aromatic carbocycles. The lowest BCUT2D eigenvalue weighted by molar-refractivity contribution is -0.139. The van der Waals surface area contributed by atoms with E-state index in [1.54, 1.807) is 35.2 Å². The highest BCUT2D eigenvalue weighted by Crippen LogP contribution is 2.28. The SMILES string of the molecule is CC[C@H](C(=O)NCC(C)C)N(CCc1ccccc1)C(=O)CN(c1cc(C)ccc1C)S(=O)(=O)c1ccc(C)cc1. The minimum absolute atomic E-state index is 0.106. The predicted octanol–water partition coefficient (Wildman–Crippen LogP) is 5.43. The monoisotopic (exact) mass is 577 g/mol. The average molecular weight is 578 g/mol. The van der Waals surface area contributed by atoms with Gasteiger partial charge in [0.2, 0.25) is 11.8 Å². The van der Waals surface area contributed by atoms with Crippen molar-refractivity contribution in [2.24, 2.45) is 5.92 Å². The van der Waals surface area contributed by atoms with Gasteiger partial charge in [-0.2, -0.15) is 0 Å². The molecule has 41 heavy (non-hydrogen) atoms. The van der Waals surface area contributed by atoms with Gasteiger partial charge in [0, 0.05) is 13.1 Å². The van der Waals surface area contributed by atoms with Crippen LogP contribution in [0.25, 0.3) is 0 Å². The van der Waals surface area contributed by atoms with Crippen LogP contribution in [0.15, 0.2) is 77.7 Å². The zero-order valence-electron chi connectivity index (χ0n) is 25.1. The van der Waals surface area contributed by atoms with Crippen LogP contribution in [-0.2, 0) is 26.0 Å².